The van der Waals surface area contributed by atoms with Crippen LogP contribution in [0.15, 0.2) is 28.8 Å². The zero-order valence-corrected chi connectivity index (χ0v) is 18.6. The molecule has 15 heteroatoms. The maximum Gasteiger partial charge on any atom is 0.471 e. The van der Waals surface area contributed by atoms with Crippen LogP contribution in [0.25, 0.3) is 11.4 Å². The molecule has 0 saturated carbocycles. The Bertz CT molecular complexity index is 1090. The molecule has 1 N–H and O–H groups in total. The molecule has 2 fully saturated rings. The van der Waals surface area contributed by atoms with Crippen LogP contribution in [0.3, 0.4) is 0 Å². The largest absolute Gasteiger partial charge is 0.471 e. The summed E-state index contributed by atoms with van der Waals surface area (Å²) < 4.78 is 87.4. The number of aromatic nitrogens is 2. The van der Waals surface area contributed by atoms with Gasteiger partial charge in [-0.3, -0.25) is 4.79 Å². The summed E-state index contributed by atoms with van der Waals surface area (Å²) >= 11 is 0. The minimum atomic E-state index is -4.79. The van der Waals surface area contributed by atoms with E-state index >= 15 is 0 Å². The molecule has 4 rings (SSSR count). The van der Waals surface area contributed by atoms with Crippen molar-refractivity contribution in [2.24, 2.45) is 0 Å². The first-order valence-electron chi connectivity index (χ1n) is 11.0. The summed E-state index contributed by atoms with van der Waals surface area (Å²) in [6.07, 6.45) is -9.22. The van der Waals surface area contributed by atoms with Crippen molar-refractivity contribution in [3.63, 3.8) is 0 Å². The summed E-state index contributed by atoms with van der Waals surface area (Å²) in [5, 5.41) is 5.89. The van der Waals surface area contributed by atoms with Crippen LogP contribution in [0.5, 0.6) is 0 Å². The van der Waals surface area contributed by atoms with Crippen molar-refractivity contribution in [2.75, 3.05) is 32.8 Å². The summed E-state index contributed by atoms with van der Waals surface area (Å²) in [6, 6.07) is 2.09. The van der Waals surface area contributed by atoms with Crippen molar-refractivity contribution in [3.05, 3.63) is 35.7 Å². The van der Waals surface area contributed by atoms with Gasteiger partial charge in [0, 0.05) is 30.8 Å². The Kier molecular flexibility index (Phi) is 7.11. The Morgan fingerprint density at radius 2 is 1.78 bits per heavy atom. The molecule has 2 aromatic rings. The van der Waals surface area contributed by atoms with E-state index in [-0.39, 0.29) is 62.6 Å². The van der Waals surface area contributed by atoms with Crippen LogP contribution in [0.1, 0.15) is 29.1 Å². The average molecular weight is 521 g/mol. The second-order valence-electron chi connectivity index (χ2n) is 8.31. The van der Waals surface area contributed by atoms with Crippen LogP contribution in [0, 0.1) is 0 Å². The Hall–Kier alpha value is -3.36. The number of carbonyl (C=O) groups excluding carboxylic acids is 2. The van der Waals surface area contributed by atoms with E-state index < -0.39 is 42.3 Å². The Morgan fingerprint density at radius 3 is 2.42 bits per heavy atom. The number of ether oxygens (including phenoxy) is 1. The van der Waals surface area contributed by atoms with Gasteiger partial charge in [0.2, 0.25) is 5.82 Å². The van der Waals surface area contributed by atoms with Crippen LogP contribution in [0.4, 0.5) is 31.1 Å². The second-order valence-corrected chi connectivity index (χ2v) is 8.31. The summed E-state index contributed by atoms with van der Waals surface area (Å²) in [5.74, 6) is -2.36. The molecule has 0 aliphatic carbocycles. The number of benzene rings is 1. The predicted octanol–water partition coefficient (Wildman–Crippen LogP) is 3.33. The highest BCUT2D eigenvalue weighted by Gasteiger charge is 2.49. The van der Waals surface area contributed by atoms with Gasteiger partial charge in [0.1, 0.15) is 6.04 Å². The molecule has 9 nitrogen and oxygen atoms in total. The SMILES string of the molecule is O=C(NC[C@H]1COCCN1C(=O)N1CCC[C@H]1C(F)(F)F)c1ccc(-c2noc(C(F)(F)F)n2)cc1. The van der Waals surface area contributed by atoms with Gasteiger partial charge >= 0.3 is 24.3 Å². The first-order valence-corrected chi connectivity index (χ1v) is 11.0. The average Bonchev–Trinajstić information content (AvgIpc) is 3.52. The predicted molar refractivity (Wildman–Crippen MR) is 110 cm³/mol. The van der Waals surface area contributed by atoms with Crippen LogP contribution >= 0.6 is 0 Å². The van der Waals surface area contributed by atoms with Crippen LogP contribution in [-0.2, 0) is 10.9 Å². The van der Waals surface area contributed by atoms with Crippen molar-refractivity contribution in [3.8, 4) is 11.4 Å². The van der Waals surface area contributed by atoms with E-state index in [1.54, 1.807) is 0 Å². The van der Waals surface area contributed by atoms with Crippen molar-refractivity contribution in [1.82, 2.24) is 25.3 Å². The van der Waals surface area contributed by atoms with Crippen molar-refractivity contribution < 1.29 is 45.2 Å². The number of hydrogen-bond donors (Lipinski definition) is 1. The number of carbonyl (C=O) groups is 2. The molecule has 0 radical (unpaired) electrons. The number of urea groups is 1. The van der Waals surface area contributed by atoms with E-state index in [1.165, 1.54) is 29.2 Å². The lowest BCUT2D eigenvalue weighted by molar-refractivity contribution is -0.171. The van der Waals surface area contributed by atoms with E-state index in [0.717, 1.165) is 4.90 Å². The zero-order chi connectivity index (χ0) is 26.1. The maximum atomic E-state index is 13.3. The fourth-order valence-corrected chi connectivity index (χ4v) is 4.12. The molecular formula is C21H21F6N5O4. The highest BCUT2D eigenvalue weighted by molar-refractivity contribution is 5.94. The summed E-state index contributed by atoms with van der Waals surface area (Å²) in [6.45, 7) is 0.205. The van der Waals surface area contributed by atoms with Gasteiger partial charge < -0.3 is 24.4 Å². The van der Waals surface area contributed by atoms with E-state index in [1.807, 2.05) is 0 Å². The molecule has 1 aromatic heterocycles. The molecule has 0 bridgehead atoms. The van der Waals surface area contributed by atoms with Crippen LogP contribution in [-0.4, -0.2) is 83.0 Å². The Balaban J connectivity index is 1.38. The molecule has 196 valence electrons. The van der Waals surface area contributed by atoms with Gasteiger partial charge in [-0.2, -0.15) is 31.3 Å². The first kappa shape index (κ1) is 25.7. The normalized spacial score (nSPS) is 21.1. The topological polar surface area (TPSA) is 101 Å². The fraction of sp³-hybridized carbons (Fsp3) is 0.524. The van der Waals surface area contributed by atoms with Crippen LogP contribution in [0.2, 0.25) is 0 Å². The Labute approximate surface area is 200 Å². The number of halogens is 6. The van der Waals surface area contributed by atoms with Gasteiger partial charge in [-0.15, -0.1) is 0 Å². The molecule has 1 aromatic carbocycles. The monoisotopic (exact) mass is 521 g/mol. The number of alkyl halides is 6. The van der Waals surface area contributed by atoms with Gasteiger partial charge in [-0.25, -0.2) is 4.79 Å². The molecule has 2 atom stereocenters. The summed E-state index contributed by atoms with van der Waals surface area (Å²) in [5.41, 5.74) is 0.345. The maximum absolute atomic E-state index is 13.3. The van der Waals surface area contributed by atoms with Gasteiger partial charge in [0.25, 0.3) is 5.91 Å². The van der Waals surface area contributed by atoms with Crippen LogP contribution < -0.4 is 5.32 Å². The van der Waals surface area contributed by atoms with Crippen molar-refractivity contribution >= 4 is 11.9 Å². The van der Waals surface area contributed by atoms with Gasteiger partial charge in [-0.05, 0) is 25.0 Å². The zero-order valence-electron chi connectivity index (χ0n) is 18.6. The summed E-state index contributed by atoms with van der Waals surface area (Å²) in [4.78, 5) is 30.9. The Morgan fingerprint density at radius 1 is 1.06 bits per heavy atom. The van der Waals surface area contributed by atoms with E-state index in [2.05, 4.69) is 20.0 Å². The molecule has 0 unspecified atom stereocenters. The van der Waals surface area contributed by atoms with Gasteiger partial charge in [-0.1, -0.05) is 17.3 Å². The molecule has 2 aliphatic heterocycles. The molecule has 36 heavy (non-hydrogen) atoms. The number of morpholine rings is 1. The van der Waals surface area contributed by atoms with Crippen molar-refractivity contribution in [1.29, 1.82) is 0 Å². The number of amides is 3. The third-order valence-electron chi connectivity index (χ3n) is 5.92. The molecule has 3 amide bonds. The lowest BCUT2D eigenvalue weighted by Gasteiger charge is -2.39. The van der Waals surface area contributed by atoms with E-state index in [0.29, 0.717) is 0 Å². The number of hydrogen-bond acceptors (Lipinski definition) is 6. The number of nitrogens with one attached hydrogen (secondary N) is 1. The smallest absolute Gasteiger partial charge is 0.377 e. The molecular weight excluding hydrogens is 500 g/mol. The number of likely N-dealkylation sites (tertiary alicyclic amines) is 1. The molecule has 3 heterocycles. The number of rotatable bonds is 4. The summed E-state index contributed by atoms with van der Waals surface area (Å²) in [7, 11) is 0. The lowest BCUT2D eigenvalue weighted by Crippen LogP contribution is -2.59. The third-order valence-corrected chi connectivity index (χ3v) is 5.92. The highest BCUT2D eigenvalue weighted by atomic mass is 19.4. The first-order chi connectivity index (χ1) is 16.9. The highest BCUT2D eigenvalue weighted by Crippen LogP contribution is 2.34. The quantitative estimate of drug-likeness (QED) is 0.620. The van der Waals surface area contributed by atoms with Crippen molar-refractivity contribution in [2.45, 2.75) is 37.3 Å². The van der Waals surface area contributed by atoms with Gasteiger partial charge in [0.05, 0.1) is 19.3 Å². The lowest BCUT2D eigenvalue weighted by atomic mass is 10.1. The minimum Gasteiger partial charge on any atom is -0.377 e. The van der Waals surface area contributed by atoms with E-state index in [9.17, 15) is 35.9 Å². The minimum absolute atomic E-state index is 0.00334. The third kappa shape index (κ3) is 5.55. The van der Waals surface area contributed by atoms with E-state index in [4.69, 9.17) is 4.74 Å². The molecule has 2 saturated heterocycles. The fourth-order valence-electron chi connectivity index (χ4n) is 4.12. The van der Waals surface area contributed by atoms with Gasteiger partial charge in [0.15, 0.2) is 0 Å². The number of nitrogens with zero attached hydrogens (tertiary/aromatic N) is 4. The molecule has 0 spiro atoms. The second kappa shape index (κ2) is 9.95. The molecule has 2 aliphatic rings. The standard InChI is InChI=1S/C21H21F6N5O4/c22-20(23,24)15-2-1-7-32(15)19(34)31-8-9-35-11-14(31)10-28-17(33)13-5-3-12(4-6-13)16-29-18(36-30-16)21(25,26)27/h3-6,14-15H,1-2,7-11H2,(H,28,33)/t14-,15-/m0/s1.